The van der Waals surface area contributed by atoms with Crippen molar-refractivity contribution < 1.29 is 9.53 Å². The topological polar surface area (TPSA) is 72.0 Å². The molecule has 0 aliphatic heterocycles. The van der Waals surface area contributed by atoms with E-state index >= 15 is 0 Å². The van der Waals surface area contributed by atoms with Gasteiger partial charge in [0.25, 0.3) is 5.56 Å². The number of methoxy groups -OCH3 is 1. The number of benzene rings is 1. The van der Waals surface area contributed by atoms with E-state index in [0.717, 1.165) is 11.1 Å². The van der Waals surface area contributed by atoms with Crippen LogP contribution in [0.4, 0.5) is 0 Å². The Morgan fingerprint density at radius 3 is 2.50 bits per heavy atom. The molecular formula is C13H12N2O3. The minimum Gasteiger partial charge on any atom is -0.465 e. The summed E-state index contributed by atoms with van der Waals surface area (Å²) < 4.78 is 4.48. The number of H-pyrrole nitrogens is 1. The molecule has 2 aromatic rings. The van der Waals surface area contributed by atoms with Gasteiger partial charge in [0.2, 0.25) is 0 Å². The molecule has 0 radical (unpaired) electrons. The number of esters is 1. The van der Waals surface area contributed by atoms with Gasteiger partial charge in [-0.25, -0.2) is 9.78 Å². The van der Waals surface area contributed by atoms with Gasteiger partial charge in [0.15, 0.2) is 0 Å². The van der Waals surface area contributed by atoms with Crippen LogP contribution in [0.3, 0.4) is 0 Å². The van der Waals surface area contributed by atoms with Crippen LogP contribution < -0.4 is 5.56 Å². The molecule has 1 heterocycles. The van der Waals surface area contributed by atoms with Gasteiger partial charge in [0, 0.05) is 11.8 Å². The van der Waals surface area contributed by atoms with E-state index in [2.05, 4.69) is 14.7 Å². The lowest BCUT2D eigenvalue weighted by Crippen LogP contribution is -2.20. The summed E-state index contributed by atoms with van der Waals surface area (Å²) >= 11 is 0. The predicted molar refractivity (Wildman–Crippen MR) is 66.4 cm³/mol. The maximum absolute atomic E-state index is 11.7. The Labute approximate surface area is 103 Å². The average Bonchev–Trinajstić information content (AvgIpc) is 2.38. The van der Waals surface area contributed by atoms with Crippen LogP contribution in [0.15, 0.2) is 35.3 Å². The van der Waals surface area contributed by atoms with Gasteiger partial charge >= 0.3 is 5.97 Å². The highest BCUT2D eigenvalue weighted by Crippen LogP contribution is 2.13. The fourth-order valence-corrected chi connectivity index (χ4v) is 1.51. The molecule has 0 aliphatic rings. The molecule has 0 aliphatic carbocycles. The van der Waals surface area contributed by atoms with E-state index in [4.69, 9.17) is 0 Å². The van der Waals surface area contributed by atoms with E-state index in [1.807, 2.05) is 31.2 Å². The number of nitrogens with zero attached hydrogens (tertiary/aromatic N) is 1. The van der Waals surface area contributed by atoms with Crippen molar-refractivity contribution in [3.63, 3.8) is 0 Å². The second-order valence-electron chi connectivity index (χ2n) is 3.83. The molecule has 1 N–H and O–H groups in total. The Balaban J connectivity index is 2.43. The van der Waals surface area contributed by atoms with Crippen molar-refractivity contribution in [1.29, 1.82) is 0 Å². The lowest BCUT2D eigenvalue weighted by Gasteiger charge is -2.02. The van der Waals surface area contributed by atoms with E-state index in [9.17, 15) is 9.59 Å². The van der Waals surface area contributed by atoms with E-state index in [-0.39, 0.29) is 5.56 Å². The molecule has 92 valence electrons. The average molecular weight is 244 g/mol. The van der Waals surface area contributed by atoms with Gasteiger partial charge in [-0.05, 0) is 6.92 Å². The summed E-state index contributed by atoms with van der Waals surface area (Å²) in [6.07, 6.45) is 1.22. The smallest absolute Gasteiger partial charge is 0.345 e. The molecule has 1 aromatic carbocycles. The SMILES string of the molecule is COC(=O)c1cnc(-c2ccc(C)cc2)[nH]c1=O. The molecular weight excluding hydrogens is 232 g/mol. The summed E-state index contributed by atoms with van der Waals surface area (Å²) in [7, 11) is 1.22. The first-order valence-corrected chi connectivity index (χ1v) is 5.36. The van der Waals surface area contributed by atoms with Crippen LogP contribution in [0.5, 0.6) is 0 Å². The minimum atomic E-state index is -0.695. The number of ether oxygens (including phenoxy) is 1. The number of carbonyl (C=O) groups excluding carboxylic acids is 1. The Kier molecular flexibility index (Phi) is 3.23. The molecule has 0 unspecified atom stereocenters. The normalized spacial score (nSPS) is 10.1. The fourth-order valence-electron chi connectivity index (χ4n) is 1.51. The van der Waals surface area contributed by atoms with Gasteiger partial charge in [-0.1, -0.05) is 29.8 Å². The standard InChI is InChI=1S/C13H12N2O3/c1-8-3-5-9(6-4-8)11-14-7-10(12(16)15-11)13(17)18-2/h3-7H,1-2H3,(H,14,15,16). The third-order valence-corrected chi connectivity index (χ3v) is 2.53. The molecule has 18 heavy (non-hydrogen) atoms. The number of hydrogen-bond acceptors (Lipinski definition) is 4. The summed E-state index contributed by atoms with van der Waals surface area (Å²) in [6.45, 7) is 1.97. The van der Waals surface area contributed by atoms with Crippen molar-refractivity contribution in [3.05, 3.63) is 51.9 Å². The highest BCUT2D eigenvalue weighted by Gasteiger charge is 2.12. The summed E-state index contributed by atoms with van der Waals surface area (Å²) in [6, 6.07) is 7.55. The second kappa shape index (κ2) is 4.83. The zero-order valence-electron chi connectivity index (χ0n) is 10.1. The summed E-state index contributed by atoms with van der Waals surface area (Å²) in [4.78, 5) is 29.5. The molecule has 0 saturated carbocycles. The molecule has 0 amide bonds. The van der Waals surface area contributed by atoms with Crippen LogP contribution >= 0.6 is 0 Å². The molecule has 0 fully saturated rings. The Morgan fingerprint density at radius 2 is 1.94 bits per heavy atom. The Hall–Kier alpha value is -2.43. The van der Waals surface area contributed by atoms with Crippen LogP contribution in [-0.4, -0.2) is 23.0 Å². The Bertz CT molecular complexity index is 629. The number of aryl methyl sites for hydroxylation is 1. The van der Waals surface area contributed by atoms with E-state index in [0.29, 0.717) is 5.82 Å². The van der Waals surface area contributed by atoms with Gasteiger partial charge in [0.1, 0.15) is 11.4 Å². The summed E-state index contributed by atoms with van der Waals surface area (Å²) in [5.41, 5.74) is 1.29. The van der Waals surface area contributed by atoms with E-state index < -0.39 is 11.5 Å². The highest BCUT2D eigenvalue weighted by molar-refractivity contribution is 5.88. The molecule has 5 nitrogen and oxygen atoms in total. The third-order valence-electron chi connectivity index (χ3n) is 2.53. The molecule has 0 spiro atoms. The maximum Gasteiger partial charge on any atom is 0.345 e. The molecule has 5 heteroatoms. The zero-order chi connectivity index (χ0) is 13.1. The van der Waals surface area contributed by atoms with Gasteiger partial charge in [-0.3, -0.25) is 4.79 Å². The van der Waals surface area contributed by atoms with Gasteiger partial charge in [0.05, 0.1) is 7.11 Å². The van der Waals surface area contributed by atoms with E-state index in [1.165, 1.54) is 13.3 Å². The van der Waals surface area contributed by atoms with Crippen molar-refractivity contribution in [1.82, 2.24) is 9.97 Å². The number of carbonyl (C=O) groups is 1. The molecule has 2 rings (SSSR count). The molecule has 0 bridgehead atoms. The van der Waals surface area contributed by atoms with Crippen molar-refractivity contribution >= 4 is 5.97 Å². The minimum absolute atomic E-state index is 0.103. The largest absolute Gasteiger partial charge is 0.465 e. The van der Waals surface area contributed by atoms with Gasteiger partial charge in [-0.2, -0.15) is 0 Å². The molecule has 0 atom stereocenters. The first-order valence-electron chi connectivity index (χ1n) is 5.36. The van der Waals surface area contributed by atoms with Crippen molar-refractivity contribution in [2.75, 3.05) is 7.11 Å². The van der Waals surface area contributed by atoms with Crippen LogP contribution in [0.1, 0.15) is 15.9 Å². The fraction of sp³-hybridized carbons (Fsp3) is 0.154. The predicted octanol–water partition coefficient (Wildman–Crippen LogP) is 1.53. The van der Waals surface area contributed by atoms with Crippen LogP contribution in [-0.2, 0) is 4.74 Å². The lowest BCUT2D eigenvalue weighted by molar-refractivity contribution is 0.0598. The quantitative estimate of drug-likeness (QED) is 0.813. The second-order valence-corrected chi connectivity index (χ2v) is 3.83. The van der Waals surface area contributed by atoms with E-state index in [1.54, 1.807) is 0 Å². The maximum atomic E-state index is 11.7. The lowest BCUT2D eigenvalue weighted by atomic mass is 10.1. The van der Waals surface area contributed by atoms with Gasteiger partial charge < -0.3 is 9.72 Å². The highest BCUT2D eigenvalue weighted by atomic mass is 16.5. The zero-order valence-corrected chi connectivity index (χ0v) is 10.1. The Morgan fingerprint density at radius 1 is 1.28 bits per heavy atom. The summed E-state index contributed by atoms with van der Waals surface area (Å²) in [5, 5.41) is 0. The number of nitrogens with one attached hydrogen (secondary N) is 1. The number of aromatic nitrogens is 2. The van der Waals surface area contributed by atoms with Crippen molar-refractivity contribution in [2.24, 2.45) is 0 Å². The number of rotatable bonds is 2. The molecule has 1 aromatic heterocycles. The van der Waals surface area contributed by atoms with Crippen molar-refractivity contribution in [3.8, 4) is 11.4 Å². The van der Waals surface area contributed by atoms with Crippen LogP contribution in [0.2, 0.25) is 0 Å². The van der Waals surface area contributed by atoms with Crippen molar-refractivity contribution in [2.45, 2.75) is 6.92 Å². The third kappa shape index (κ3) is 2.29. The first kappa shape index (κ1) is 12.0. The van der Waals surface area contributed by atoms with Gasteiger partial charge in [-0.15, -0.1) is 0 Å². The van der Waals surface area contributed by atoms with Crippen LogP contribution in [0.25, 0.3) is 11.4 Å². The van der Waals surface area contributed by atoms with Crippen LogP contribution in [0, 0.1) is 6.92 Å². The number of aromatic amines is 1. The molecule has 0 saturated heterocycles. The first-order chi connectivity index (χ1) is 8.61. The summed E-state index contributed by atoms with van der Waals surface area (Å²) in [5.74, 6) is -0.271. The monoisotopic (exact) mass is 244 g/mol. The number of hydrogen-bond donors (Lipinski definition) is 1.